The number of nitrogens with zero attached hydrogens (tertiary/aromatic N) is 1. The van der Waals surface area contributed by atoms with Crippen molar-refractivity contribution in [3.63, 3.8) is 0 Å². The van der Waals surface area contributed by atoms with E-state index in [0.29, 0.717) is 25.9 Å². The molecule has 1 saturated heterocycles. The average Bonchev–Trinajstić information content (AvgIpc) is 3.62. The van der Waals surface area contributed by atoms with Gasteiger partial charge < -0.3 is 10.7 Å². The molecule has 1 atom stereocenters. The molecule has 2 aliphatic rings. The van der Waals surface area contributed by atoms with Gasteiger partial charge in [-0.15, -0.1) is 18.0 Å². The lowest BCUT2D eigenvalue weighted by molar-refractivity contribution is -0.117. The van der Waals surface area contributed by atoms with Crippen molar-refractivity contribution in [2.45, 2.75) is 31.9 Å². The minimum absolute atomic E-state index is 0.00935. The van der Waals surface area contributed by atoms with Gasteiger partial charge in [-0.3, -0.25) is 4.79 Å². The number of allylic oxidation sites excluding steroid dienone is 5. The van der Waals surface area contributed by atoms with Crippen LogP contribution in [0.4, 0.5) is 4.39 Å². The first-order valence-corrected chi connectivity index (χ1v) is 13.5. The Kier molecular flexibility index (Phi) is 11.0. The number of terminal acetylenes is 1. The molecule has 0 radical (unpaired) electrons. The second kappa shape index (κ2) is 13.2. The molecule has 0 bridgehead atoms. The van der Waals surface area contributed by atoms with Gasteiger partial charge in [-0.25, -0.2) is 17.1 Å². The summed E-state index contributed by atoms with van der Waals surface area (Å²) in [5.41, 5.74) is -0.636. The van der Waals surface area contributed by atoms with E-state index in [1.807, 2.05) is 12.0 Å². The highest BCUT2D eigenvalue weighted by molar-refractivity contribution is 7.89. The Morgan fingerprint density at radius 3 is 2.53 bits per heavy atom. The average molecular weight is 530 g/mol. The predicted molar refractivity (Wildman–Crippen MR) is 136 cm³/mol. The van der Waals surface area contributed by atoms with Crippen molar-refractivity contribution in [3.8, 4) is 12.3 Å². The first kappa shape index (κ1) is 28.3. The molecule has 1 aliphatic carbocycles. The summed E-state index contributed by atoms with van der Waals surface area (Å²) in [6.07, 6.45) is 16.6. The van der Waals surface area contributed by atoms with Gasteiger partial charge in [0.25, 0.3) is 5.91 Å². The summed E-state index contributed by atoms with van der Waals surface area (Å²) in [6, 6.07) is 0. The second-order valence-electron chi connectivity index (χ2n) is 8.43. The third-order valence-corrected chi connectivity index (χ3v) is 8.41. The maximum absolute atomic E-state index is 13.8. The maximum atomic E-state index is 13.8. The Bertz CT molecular complexity index is 1000. The summed E-state index contributed by atoms with van der Waals surface area (Å²) in [6.45, 7) is 0.859. The third-order valence-electron chi connectivity index (χ3n) is 5.85. The Balaban J connectivity index is 2.17. The van der Waals surface area contributed by atoms with Gasteiger partial charge in [0.05, 0.1) is 16.4 Å². The predicted octanol–water partition coefficient (Wildman–Crippen LogP) is 3.95. The molecule has 2 N–H and O–H groups in total. The van der Waals surface area contributed by atoms with Crippen molar-refractivity contribution >= 4 is 45.3 Å². The molecule has 2 fully saturated rings. The SMILES string of the molecule is C#CC(F)/C=C(C(=O)NCC1(/C=C/C=C\C=N)CCN(S(=O)(=O)CC2CC2)CC1)\C(Cl)=C/CCl. The van der Waals surface area contributed by atoms with Crippen LogP contribution < -0.4 is 5.32 Å². The number of sulfonamides is 1. The summed E-state index contributed by atoms with van der Waals surface area (Å²) in [5.74, 6) is 1.78. The van der Waals surface area contributed by atoms with Crippen LogP contribution >= 0.6 is 23.2 Å². The summed E-state index contributed by atoms with van der Waals surface area (Å²) < 4.78 is 40.7. The van der Waals surface area contributed by atoms with Gasteiger partial charge in [-0.05, 0) is 43.8 Å². The van der Waals surface area contributed by atoms with E-state index in [4.69, 9.17) is 35.0 Å². The van der Waals surface area contributed by atoms with Crippen LogP contribution in [0.3, 0.4) is 0 Å². The molecule has 1 saturated carbocycles. The molecular weight excluding hydrogens is 500 g/mol. The maximum Gasteiger partial charge on any atom is 0.252 e. The molecular formula is C24H30Cl2FN3O3S. The largest absolute Gasteiger partial charge is 0.351 e. The Morgan fingerprint density at radius 1 is 1.29 bits per heavy atom. The highest BCUT2D eigenvalue weighted by Crippen LogP contribution is 2.36. The normalized spacial score (nSPS) is 20.9. The van der Waals surface area contributed by atoms with Crippen LogP contribution in [0.15, 0.2) is 47.1 Å². The van der Waals surface area contributed by atoms with Gasteiger partial charge in [0.2, 0.25) is 10.0 Å². The smallest absolute Gasteiger partial charge is 0.252 e. The first-order valence-electron chi connectivity index (χ1n) is 11.0. The molecule has 6 nitrogen and oxygen atoms in total. The molecule has 10 heteroatoms. The van der Waals surface area contributed by atoms with Gasteiger partial charge in [-0.2, -0.15) is 0 Å². The molecule has 1 heterocycles. The molecule has 0 aromatic rings. The van der Waals surface area contributed by atoms with Crippen molar-refractivity contribution in [2.75, 3.05) is 31.3 Å². The van der Waals surface area contributed by atoms with E-state index < -0.39 is 27.5 Å². The number of amides is 1. The quantitative estimate of drug-likeness (QED) is 0.132. The van der Waals surface area contributed by atoms with Gasteiger partial charge >= 0.3 is 0 Å². The van der Waals surface area contributed by atoms with E-state index in [9.17, 15) is 17.6 Å². The fraction of sp³-hybridized carbons (Fsp3) is 0.500. The fourth-order valence-corrected chi connectivity index (χ4v) is 6.00. The molecule has 34 heavy (non-hydrogen) atoms. The monoisotopic (exact) mass is 529 g/mol. The molecule has 186 valence electrons. The van der Waals surface area contributed by atoms with Crippen LogP contribution in [0.2, 0.25) is 0 Å². The first-order chi connectivity index (χ1) is 16.2. The number of hydrogen-bond donors (Lipinski definition) is 2. The Labute approximate surface area is 211 Å². The lowest BCUT2D eigenvalue weighted by atomic mass is 9.78. The number of alkyl halides is 2. The topological polar surface area (TPSA) is 90.3 Å². The van der Waals surface area contributed by atoms with Crippen LogP contribution in [0.1, 0.15) is 25.7 Å². The highest BCUT2D eigenvalue weighted by Gasteiger charge is 2.39. The van der Waals surface area contributed by atoms with Crippen molar-refractivity contribution < 1.29 is 17.6 Å². The van der Waals surface area contributed by atoms with Crippen LogP contribution in [0, 0.1) is 29.1 Å². The summed E-state index contributed by atoms with van der Waals surface area (Å²) in [5, 5.41) is 9.90. The van der Waals surface area contributed by atoms with Crippen LogP contribution in [0.5, 0.6) is 0 Å². The van der Waals surface area contributed by atoms with E-state index in [1.165, 1.54) is 10.4 Å². The van der Waals surface area contributed by atoms with E-state index in [0.717, 1.165) is 25.1 Å². The minimum atomic E-state index is -3.31. The molecule has 0 aromatic carbocycles. The summed E-state index contributed by atoms with van der Waals surface area (Å²) in [4.78, 5) is 12.9. The molecule has 0 spiro atoms. The van der Waals surface area contributed by atoms with E-state index in [2.05, 4.69) is 5.32 Å². The van der Waals surface area contributed by atoms with Gasteiger partial charge in [-0.1, -0.05) is 41.8 Å². The Morgan fingerprint density at radius 2 is 1.97 bits per heavy atom. The number of nitrogens with one attached hydrogen (secondary N) is 2. The van der Waals surface area contributed by atoms with Gasteiger partial charge in [0.15, 0.2) is 6.17 Å². The highest BCUT2D eigenvalue weighted by atomic mass is 35.5. The zero-order chi connectivity index (χ0) is 25.2. The zero-order valence-corrected chi connectivity index (χ0v) is 21.2. The standard InChI is InChI=1S/C24H30Cl2FN3O3S/c1-2-20(27)16-21(22(26)8-12-25)23(31)29-18-24(9-4-3-5-13-28)10-14-30(15-11-24)34(32,33)17-19-6-7-19/h1,3-5,8-9,13,16,19-20,28H,6-7,10-12,14-15,17-18H2,(H,29,31)/b5-3-,9-4+,21-16+,22-8+,28-13?. The number of piperidine rings is 1. The third kappa shape index (κ3) is 8.70. The molecule has 1 amide bonds. The zero-order valence-electron chi connectivity index (χ0n) is 18.9. The Hall–Kier alpha value is -1.92. The van der Waals surface area contributed by atoms with Crippen molar-refractivity contribution in [1.29, 1.82) is 5.41 Å². The number of carbonyl (C=O) groups excluding carboxylic acids is 1. The lowest BCUT2D eigenvalue weighted by Crippen LogP contribution is -2.48. The number of halogens is 3. The van der Waals surface area contributed by atoms with Crippen molar-refractivity contribution in [2.24, 2.45) is 11.3 Å². The fourth-order valence-electron chi connectivity index (χ4n) is 3.67. The number of carbonyl (C=O) groups is 1. The van der Waals surface area contributed by atoms with Crippen molar-refractivity contribution in [3.05, 3.63) is 47.1 Å². The minimum Gasteiger partial charge on any atom is -0.351 e. The van der Waals surface area contributed by atoms with Crippen LogP contribution in [-0.2, 0) is 14.8 Å². The molecule has 0 aromatic heterocycles. The summed E-state index contributed by atoms with van der Waals surface area (Å²) in [7, 11) is -3.31. The second-order valence-corrected chi connectivity index (χ2v) is 11.2. The van der Waals surface area contributed by atoms with Gasteiger partial charge in [0.1, 0.15) is 0 Å². The van der Waals surface area contributed by atoms with E-state index >= 15 is 0 Å². The van der Waals surface area contributed by atoms with Crippen LogP contribution in [-0.4, -0.2) is 62.3 Å². The van der Waals surface area contributed by atoms with E-state index in [-0.39, 0.29) is 34.7 Å². The number of rotatable bonds is 12. The summed E-state index contributed by atoms with van der Waals surface area (Å²) >= 11 is 11.8. The van der Waals surface area contributed by atoms with E-state index in [1.54, 1.807) is 18.2 Å². The van der Waals surface area contributed by atoms with Crippen molar-refractivity contribution in [1.82, 2.24) is 9.62 Å². The molecule has 2 rings (SSSR count). The molecule has 1 unspecified atom stereocenters. The molecule has 1 aliphatic heterocycles. The lowest BCUT2D eigenvalue weighted by Gasteiger charge is -2.39. The number of hydrogen-bond acceptors (Lipinski definition) is 4. The van der Waals surface area contributed by atoms with Crippen LogP contribution in [0.25, 0.3) is 0 Å². The van der Waals surface area contributed by atoms with Gasteiger partial charge in [0, 0.05) is 37.1 Å².